The maximum absolute atomic E-state index is 12.2. The van der Waals surface area contributed by atoms with E-state index in [1.165, 1.54) is 7.11 Å². The summed E-state index contributed by atoms with van der Waals surface area (Å²) in [7, 11) is 1.41. The second-order valence-corrected chi connectivity index (χ2v) is 5.05. The molecule has 4 nitrogen and oxygen atoms in total. The molecule has 19 heavy (non-hydrogen) atoms. The number of anilines is 1. The highest BCUT2D eigenvalue weighted by Crippen LogP contribution is 2.31. The Balaban J connectivity index is 2.27. The molecular formula is C14H18ClNO3. The summed E-state index contributed by atoms with van der Waals surface area (Å²) >= 11 is 6.15. The van der Waals surface area contributed by atoms with Crippen molar-refractivity contribution in [3.63, 3.8) is 0 Å². The Morgan fingerprint density at radius 3 is 2.89 bits per heavy atom. The van der Waals surface area contributed by atoms with E-state index in [2.05, 4.69) is 5.32 Å². The van der Waals surface area contributed by atoms with Crippen LogP contribution in [0, 0.1) is 0 Å². The molecule has 0 aliphatic carbocycles. The maximum atomic E-state index is 12.2. The lowest BCUT2D eigenvalue weighted by Crippen LogP contribution is -2.47. The van der Waals surface area contributed by atoms with Crippen molar-refractivity contribution in [1.82, 2.24) is 0 Å². The topological polar surface area (TPSA) is 47.6 Å². The number of rotatable bonds is 3. The third-order valence-electron chi connectivity index (χ3n) is 3.39. The Bertz CT molecular complexity index is 442. The minimum atomic E-state index is -0.754. The van der Waals surface area contributed by atoms with Crippen LogP contribution in [0.3, 0.4) is 0 Å². The molecule has 0 bridgehead atoms. The van der Waals surface area contributed by atoms with Crippen LogP contribution in [0.15, 0.2) is 24.3 Å². The largest absolute Gasteiger partial charge is 0.467 e. The molecule has 104 valence electrons. The number of ether oxygens (including phenoxy) is 2. The number of carbonyl (C=O) groups excluding carboxylic acids is 1. The molecule has 1 fully saturated rings. The van der Waals surface area contributed by atoms with Gasteiger partial charge in [-0.25, -0.2) is 4.79 Å². The van der Waals surface area contributed by atoms with Gasteiger partial charge in [-0.05, 0) is 25.0 Å². The van der Waals surface area contributed by atoms with Crippen molar-refractivity contribution in [1.29, 1.82) is 0 Å². The van der Waals surface area contributed by atoms with Crippen LogP contribution >= 0.6 is 11.6 Å². The average molecular weight is 284 g/mol. The number of hydrogen-bond donors (Lipinski definition) is 1. The van der Waals surface area contributed by atoms with Crippen LogP contribution in [0.1, 0.15) is 19.3 Å². The van der Waals surface area contributed by atoms with Crippen molar-refractivity contribution in [2.24, 2.45) is 0 Å². The van der Waals surface area contributed by atoms with Crippen LogP contribution < -0.4 is 5.32 Å². The number of methoxy groups -OCH3 is 1. The van der Waals surface area contributed by atoms with Gasteiger partial charge in [0.15, 0.2) is 0 Å². The number of benzene rings is 1. The van der Waals surface area contributed by atoms with Gasteiger partial charge in [0, 0.05) is 19.6 Å². The zero-order chi connectivity index (χ0) is 13.7. The Morgan fingerprint density at radius 2 is 2.16 bits per heavy atom. The summed E-state index contributed by atoms with van der Waals surface area (Å²) in [6, 6.07) is 7.39. The number of carbonyl (C=O) groups is 1. The molecule has 0 amide bonds. The highest BCUT2D eigenvalue weighted by Gasteiger charge is 2.40. The lowest BCUT2D eigenvalue weighted by atomic mass is 9.90. The zero-order valence-corrected chi connectivity index (χ0v) is 11.7. The molecule has 0 spiro atoms. The second-order valence-electron chi connectivity index (χ2n) is 4.64. The molecule has 1 aliphatic heterocycles. The van der Waals surface area contributed by atoms with Gasteiger partial charge in [-0.3, -0.25) is 0 Å². The molecule has 1 aromatic rings. The third kappa shape index (κ3) is 3.19. The van der Waals surface area contributed by atoms with E-state index >= 15 is 0 Å². The van der Waals surface area contributed by atoms with Crippen LogP contribution in [-0.4, -0.2) is 31.8 Å². The van der Waals surface area contributed by atoms with Gasteiger partial charge < -0.3 is 14.8 Å². The van der Waals surface area contributed by atoms with Crippen LogP contribution in [-0.2, 0) is 14.3 Å². The molecule has 1 unspecified atom stereocenters. The fourth-order valence-electron chi connectivity index (χ4n) is 2.35. The molecule has 1 saturated heterocycles. The molecule has 1 atom stereocenters. The summed E-state index contributed by atoms with van der Waals surface area (Å²) in [5.41, 5.74) is -0.00700. The summed E-state index contributed by atoms with van der Waals surface area (Å²) in [6.45, 7) is 1.20. The van der Waals surface area contributed by atoms with E-state index in [1.54, 1.807) is 6.07 Å². The van der Waals surface area contributed by atoms with Crippen molar-refractivity contribution >= 4 is 23.3 Å². The zero-order valence-electron chi connectivity index (χ0n) is 10.9. The SMILES string of the molecule is COC(=O)C1(Nc2ccccc2Cl)CCCOCC1. The van der Waals surface area contributed by atoms with Crippen molar-refractivity contribution in [3.8, 4) is 0 Å². The fourth-order valence-corrected chi connectivity index (χ4v) is 2.53. The van der Waals surface area contributed by atoms with Crippen LogP contribution in [0.4, 0.5) is 5.69 Å². The molecule has 1 aromatic carbocycles. The highest BCUT2D eigenvalue weighted by atomic mass is 35.5. The van der Waals surface area contributed by atoms with E-state index in [-0.39, 0.29) is 5.97 Å². The first-order valence-corrected chi connectivity index (χ1v) is 6.75. The predicted molar refractivity (Wildman–Crippen MR) is 74.5 cm³/mol. The van der Waals surface area contributed by atoms with E-state index < -0.39 is 5.54 Å². The predicted octanol–water partition coefficient (Wildman–Crippen LogP) is 2.86. The molecule has 5 heteroatoms. The molecular weight excluding hydrogens is 266 g/mol. The Labute approximate surface area is 118 Å². The number of para-hydroxylation sites is 1. The number of nitrogens with one attached hydrogen (secondary N) is 1. The fraction of sp³-hybridized carbons (Fsp3) is 0.500. The summed E-state index contributed by atoms with van der Waals surface area (Å²) in [5, 5.41) is 3.86. The average Bonchev–Trinajstić information content (AvgIpc) is 2.67. The van der Waals surface area contributed by atoms with Gasteiger partial charge in [0.25, 0.3) is 0 Å². The quantitative estimate of drug-likeness (QED) is 0.867. The van der Waals surface area contributed by atoms with E-state index in [4.69, 9.17) is 21.1 Å². The monoisotopic (exact) mass is 283 g/mol. The number of esters is 1. The molecule has 1 N–H and O–H groups in total. The van der Waals surface area contributed by atoms with Crippen LogP contribution in [0.5, 0.6) is 0 Å². The van der Waals surface area contributed by atoms with Gasteiger partial charge in [-0.1, -0.05) is 23.7 Å². The maximum Gasteiger partial charge on any atom is 0.331 e. The summed E-state index contributed by atoms with van der Waals surface area (Å²) < 4.78 is 10.4. The lowest BCUT2D eigenvalue weighted by molar-refractivity contribution is -0.146. The summed E-state index contributed by atoms with van der Waals surface area (Å²) in [6.07, 6.45) is 2.06. The van der Waals surface area contributed by atoms with Crippen molar-refractivity contribution in [2.45, 2.75) is 24.8 Å². The lowest BCUT2D eigenvalue weighted by Gasteiger charge is -2.31. The molecule has 1 aliphatic rings. The Kier molecular flexibility index (Phi) is 4.66. The first-order valence-electron chi connectivity index (χ1n) is 6.37. The first-order chi connectivity index (χ1) is 9.18. The van der Waals surface area contributed by atoms with Crippen molar-refractivity contribution in [3.05, 3.63) is 29.3 Å². The first kappa shape index (κ1) is 14.2. The highest BCUT2D eigenvalue weighted by molar-refractivity contribution is 6.33. The van der Waals surface area contributed by atoms with Gasteiger partial charge >= 0.3 is 5.97 Å². The molecule has 0 saturated carbocycles. The van der Waals surface area contributed by atoms with Gasteiger partial charge in [0.05, 0.1) is 17.8 Å². The standard InChI is InChI=1S/C14H18ClNO3/c1-18-13(17)14(7-4-9-19-10-8-14)16-12-6-3-2-5-11(12)15/h2-3,5-6,16H,4,7-10H2,1H3. The van der Waals surface area contributed by atoms with Crippen LogP contribution in [0.2, 0.25) is 5.02 Å². The third-order valence-corrected chi connectivity index (χ3v) is 3.72. The Hall–Kier alpha value is -1.26. The van der Waals surface area contributed by atoms with Crippen molar-refractivity contribution in [2.75, 3.05) is 25.6 Å². The van der Waals surface area contributed by atoms with Crippen molar-refractivity contribution < 1.29 is 14.3 Å². The van der Waals surface area contributed by atoms with Gasteiger partial charge in [0.1, 0.15) is 5.54 Å². The number of hydrogen-bond acceptors (Lipinski definition) is 4. The number of halogens is 1. The van der Waals surface area contributed by atoms with Gasteiger partial charge in [-0.2, -0.15) is 0 Å². The van der Waals surface area contributed by atoms with E-state index in [0.717, 1.165) is 12.1 Å². The molecule has 0 radical (unpaired) electrons. The smallest absolute Gasteiger partial charge is 0.331 e. The summed E-state index contributed by atoms with van der Waals surface area (Å²) in [4.78, 5) is 12.2. The molecule has 1 heterocycles. The minimum Gasteiger partial charge on any atom is -0.467 e. The van der Waals surface area contributed by atoms with E-state index in [0.29, 0.717) is 31.1 Å². The summed E-state index contributed by atoms with van der Waals surface area (Å²) in [5.74, 6) is -0.266. The molecule has 0 aromatic heterocycles. The van der Waals surface area contributed by atoms with E-state index in [1.807, 2.05) is 18.2 Å². The minimum absolute atomic E-state index is 0.266. The molecule has 2 rings (SSSR count). The second kappa shape index (κ2) is 6.26. The van der Waals surface area contributed by atoms with Crippen LogP contribution in [0.25, 0.3) is 0 Å². The van der Waals surface area contributed by atoms with E-state index in [9.17, 15) is 4.79 Å². The van der Waals surface area contributed by atoms with Gasteiger partial charge in [0.2, 0.25) is 0 Å². The normalized spacial score (nSPS) is 23.5. The Morgan fingerprint density at radius 1 is 1.37 bits per heavy atom. The van der Waals surface area contributed by atoms with Gasteiger partial charge in [-0.15, -0.1) is 0 Å².